The van der Waals surface area contributed by atoms with Gasteiger partial charge in [-0.3, -0.25) is 4.79 Å². The van der Waals surface area contributed by atoms with Crippen LogP contribution in [0.4, 0.5) is 0 Å². The minimum absolute atomic E-state index is 0.209. The summed E-state index contributed by atoms with van der Waals surface area (Å²) >= 11 is 6.62. The van der Waals surface area contributed by atoms with Gasteiger partial charge in [0.05, 0.1) is 15.6 Å². The second-order valence-corrected chi connectivity index (χ2v) is 5.63. The highest BCUT2D eigenvalue weighted by atomic mass is 79.9. The van der Waals surface area contributed by atoms with E-state index >= 15 is 0 Å². The zero-order valence-corrected chi connectivity index (χ0v) is 13.9. The first kappa shape index (κ1) is 15.1. The number of benzene rings is 1. The summed E-state index contributed by atoms with van der Waals surface area (Å²) in [6.45, 7) is 1.30. The fourth-order valence-electron chi connectivity index (χ4n) is 2.12. The van der Waals surface area contributed by atoms with Crippen LogP contribution in [0.15, 0.2) is 16.6 Å². The first-order chi connectivity index (χ1) is 9.36. The molecule has 0 saturated heterocycles. The normalized spacial score (nSPS) is 10.8. The number of aromatic carboxylic acids is 1. The number of alkyl halides is 1. The van der Waals surface area contributed by atoms with Gasteiger partial charge in [0.1, 0.15) is 5.75 Å². The maximum absolute atomic E-state index is 11.5. The van der Waals surface area contributed by atoms with E-state index in [0.29, 0.717) is 26.6 Å². The molecule has 0 unspecified atom stereocenters. The number of halogens is 2. The molecule has 0 radical (unpaired) electrons. The van der Waals surface area contributed by atoms with Gasteiger partial charge in [-0.25, -0.2) is 4.79 Å². The second-order valence-electron chi connectivity index (χ2n) is 4.21. The van der Waals surface area contributed by atoms with Crippen LogP contribution in [0.1, 0.15) is 23.0 Å². The lowest BCUT2D eigenvalue weighted by Gasteiger charge is -2.05. The number of fused-ring (bicyclic) bond motifs is 1. The van der Waals surface area contributed by atoms with Crippen LogP contribution < -0.4 is 4.74 Å². The van der Waals surface area contributed by atoms with Crippen LogP contribution in [0.5, 0.6) is 5.75 Å². The first-order valence-corrected chi connectivity index (χ1v) is 7.56. The van der Waals surface area contributed by atoms with Crippen molar-refractivity contribution < 1.29 is 19.4 Å². The molecule has 20 heavy (non-hydrogen) atoms. The summed E-state index contributed by atoms with van der Waals surface area (Å²) in [4.78, 5) is 22.5. The fourth-order valence-corrected chi connectivity index (χ4v) is 3.19. The Kier molecular flexibility index (Phi) is 4.19. The number of hydrogen-bond donors (Lipinski definition) is 1. The van der Waals surface area contributed by atoms with Crippen molar-refractivity contribution in [1.29, 1.82) is 0 Å². The number of carboxylic acids is 1. The van der Waals surface area contributed by atoms with Gasteiger partial charge in [0.15, 0.2) is 0 Å². The second kappa shape index (κ2) is 5.57. The van der Waals surface area contributed by atoms with E-state index in [-0.39, 0.29) is 5.56 Å². The van der Waals surface area contributed by atoms with Crippen LogP contribution in [0, 0.1) is 0 Å². The number of carbonyl (C=O) groups is 2. The topological polar surface area (TPSA) is 68.5 Å². The summed E-state index contributed by atoms with van der Waals surface area (Å²) in [5, 5.41) is 10.3. The molecular weight excluding hydrogens is 394 g/mol. The Morgan fingerprint density at radius 3 is 2.55 bits per heavy atom. The summed E-state index contributed by atoms with van der Waals surface area (Å²) in [6, 6.07) is 3.31. The van der Waals surface area contributed by atoms with Crippen molar-refractivity contribution in [3.63, 3.8) is 0 Å². The van der Waals surface area contributed by atoms with Crippen LogP contribution in [-0.4, -0.2) is 21.6 Å². The summed E-state index contributed by atoms with van der Waals surface area (Å²) in [5.74, 6) is -1.17. The maximum atomic E-state index is 11.5. The minimum Gasteiger partial charge on any atom is -0.478 e. The first-order valence-electron chi connectivity index (χ1n) is 5.65. The fraction of sp³-hybridized carbons (Fsp3) is 0.231. The average Bonchev–Trinajstić information content (AvgIpc) is 2.62. The number of hydrogen-bond acceptors (Lipinski definition) is 3. The number of carbonyl (C=O) groups excluding carboxylic acids is 1. The van der Waals surface area contributed by atoms with Crippen molar-refractivity contribution in [2.75, 3.05) is 0 Å². The molecule has 0 aliphatic carbocycles. The molecule has 5 nitrogen and oxygen atoms in total. The highest BCUT2D eigenvalue weighted by Crippen LogP contribution is 2.35. The monoisotopic (exact) mass is 403 g/mol. The van der Waals surface area contributed by atoms with Crippen molar-refractivity contribution in [3.05, 3.63) is 27.9 Å². The molecule has 0 spiro atoms. The van der Waals surface area contributed by atoms with Gasteiger partial charge in [-0.2, -0.15) is 0 Å². The van der Waals surface area contributed by atoms with E-state index in [2.05, 4.69) is 31.9 Å². The zero-order valence-electron chi connectivity index (χ0n) is 10.7. The number of esters is 1. The predicted molar refractivity (Wildman–Crippen MR) is 81.5 cm³/mol. The Hall–Kier alpha value is -1.34. The smallest absolute Gasteiger partial charge is 0.338 e. The van der Waals surface area contributed by atoms with Crippen LogP contribution in [0.2, 0.25) is 0 Å². The van der Waals surface area contributed by atoms with E-state index in [1.165, 1.54) is 6.92 Å². The summed E-state index contributed by atoms with van der Waals surface area (Å²) < 4.78 is 7.47. The number of aromatic nitrogens is 1. The highest BCUT2D eigenvalue weighted by Gasteiger charge is 2.21. The van der Waals surface area contributed by atoms with Crippen molar-refractivity contribution in [1.82, 2.24) is 4.57 Å². The molecule has 0 atom stereocenters. The third-order valence-electron chi connectivity index (χ3n) is 2.97. The molecule has 106 valence electrons. The minimum atomic E-state index is -1.01. The van der Waals surface area contributed by atoms with Gasteiger partial charge < -0.3 is 14.4 Å². The summed E-state index contributed by atoms with van der Waals surface area (Å²) in [7, 11) is 1.79. The molecule has 0 bridgehead atoms. The third kappa shape index (κ3) is 2.47. The van der Waals surface area contributed by atoms with Crippen molar-refractivity contribution >= 4 is 54.7 Å². The quantitative estimate of drug-likeness (QED) is 0.483. The average molecular weight is 405 g/mol. The van der Waals surface area contributed by atoms with E-state index < -0.39 is 11.9 Å². The molecule has 7 heteroatoms. The van der Waals surface area contributed by atoms with Gasteiger partial charge in [-0.1, -0.05) is 15.9 Å². The van der Waals surface area contributed by atoms with Gasteiger partial charge in [0, 0.05) is 30.4 Å². The van der Waals surface area contributed by atoms with Crippen LogP contribution >= 0.6 is 31.9 Å². The maximum Gasteiger partial charge on any atom is 0.338 e. The standard InChI is InChI=1S/C13H11Br2NO4/c1-6(17)20-11-3-7-9(4-8(11)15)16(2)10(5-14)12(7)13(18)19/h3-4H,5H2,1-2H3,(H,18,19). The van der Waals surface area contributed by atoms with Gasteiger partial charge in [-0.05, 0) is 28.1 Å². The van der Waals surface area contributed by atoms with Crippen LogP contribution in [0.3, 0.4) is 0 Å². The summed E-state index contributed by atoms with van der Waals surface area (Å²) in [5.41, 5.74) is 1.61. The largest absolute Gasteiger partial charge is 0.478 e. The molecule has 0 saturated carbocycles. The number of rotatable bonds is 3. The van der Waals surface area contributed by atoms with Crippen molar-refractivity contribution in [2.24, 2.45) is 7.05 Å². The number of nitrogens with zero attached hydrogens (tertiary/aromatic N) is 1. The molecule has 0 aliphatic heterocycles. The highest BCUT2D eigenvalue weighted by molar-refractivity contribution is 9.10. The van der Waals surface area contributed by atoms with Gasteiger partial charge in [0.2, 0.25) is 0 Å². The molecule has 0 fully saturated rings. The summed E-state index contributed by atoms with van der Waals surface area (Å²) in [6.07, 6.45) is 0. The van der Waals surface area contributed by atoms with Gasteiger partial charge in [0.25, 0.3) is 0 Å². The van der Waals surface area contributed by atoms with Crippen LogP contribution in [-0.2, 0) is 17.2 Å². The Morgan fingerprint density at radius 1 is 1.40 bits per heavy atom. The molecule has 2 aromatic rings. The Labute approximate surface area is 131 Å². The molecule has 0 amide bonds. The van der Waals surface area contributed by atoms with Crippen molar-refractivity contribution in [2.45, 2.75) is 12.3 Å². The molecule has 1 aromatic carbocycles. The van der Waals surface area contributed by atoms with Crippen LogP contribution in [0.25, 0.3) is 10.9 Å². The van der Waals surface area contributed by atoms with E-state index in [0.717, 1.165) is 5.52 Å². The third-order valence-corrected chi connectivity index (χ3v) is 4.12. The number of ether oxygens (including phenoxy) is 1. The molecule has 1 heterocycles. The Bertz CT molecular complexity index is 721. The lowest BCUT2D eigenvalue weighted by atomic mass is 10.1. The van der Waals surface area contributed by atoms with Gasteiger partial charge >= 0.3 is 11.9 Å². The molecule has 1 N–H and O–H groups in total. The van der Waals surface area contributed by atoms with E-state index in [1.807, 2.05) is 0 Å². The van der Waals surface area contributed by atoms with E-state index in [9.17, 15) is 14.7 Å². The molecular formula is C13H11Br2NO4. The Balaban J connectivity index is 2.81. The lowest BCUT2D eigenvalue weighted by molar-refractivity contribution is -0.131. The number of carboxylic acid groups (broad SMARTS) is 1. The lowest BCUT2D eigenvalue weighted by Crippen LogP contribution is -2.02. The number of aryl methyl sites for hydroxylation is 1. The van der Waals surface area contributed by atoms with Crippen molar-refractivity contribution in [3.8, 4) is 5.75 Å². The molecule has 2 rings (SSSR count). The molecule has 0 aliphatic rings. The molecule has 1 aromatic heterocycles. The zero-order chi connectivity index (χ0) is 15.0. The predicted octanol–water partition coefficient (Wildman–Crippen LogP) is 3.46. The SMILES string of the molecule is CC(=O)Oc1cc2c(C(=O)O)c(CBr)n(C)c2cc1Br. The van der Waals surface area contributed by atoms with Gasteiger partial charge in [-0.15, -0.1) is 0 Å². The Morgan fingerprint density at radius 2 is 2.05 bits per heavy atom. The van der Waals surface area contributed by atoms with E-state index in [4.69, 9.17) is 4.74 Å². The van der Waals surface area contributed by atoms with E-state index in [1.54, 1.807) is 23.7 Å².